The predicted octanol–water partition coefficient (Wildman–Crippen LogP) is 2.30. The highest BCUT2D eigenvalue weighted by atomic mass is 32.1. The van der Waals surface area contributed by atoms with Crippen LogP contribution in [0.3, 0.4) is 0 Å². The molecule has 0 aliphatic carbocycles. The molecule has 24 heavy (non-hydrogen) atoms. The van der Waals surface area contributed by atoms with Gasteiger partial charge in [-0.3, -0.25) is 4.99 Å². The molecular weight excluding hydrogens is 324 g/mol. The summed E-state index contributed by atoms with van der Waals surface area (Å²) in [5.74, 6) is 2.40. The van der Waals surface area contributed by atoms with Crippen LogP contribution in [0.4, 0.5) is 0 Å². The molecule has 7 heteroatoms. The molecule has 2 aromatic rings. The van der Waals surface area contributed by atoms with Crippen molar-refractivity contribution in [2.24, 2.45) is 4.99 Å². The van der Waals surface area contributed by atoms with E-state index < -0.39 is 0 Å². The maximum Gasteiger partial charge on any atom is 0.193 e. The molecule has 0 amide bonds. The van der Waals surface area contributed by atoms with Crippen LogP contribution in [0.2, 0.25) is 0 Å². The van der Waals surface area contributed by atoms with Crippen molar-refractivity contribution in [3.05, 3.63) is 40.3 Å². The molecule has 1 aromatic carbocycles. The molecule has 1 aliphatic heterocycles. The van der Waals surface area contributed by atoms with Gasteiger partial charge in [0, 0.05) is 19.5 Å². The molecule has 0 radical (unpaired) electrons. The standard InChI is InChI=1S/C17H22N4O2S/c1-12-20-13(11-24-12)9-21(3)17(18-2)19-8-14-10-22-15-6-4-5-7-16(15)23-14/h4-7,11,14H,8-10H2,1-3H3,(H,18,19). The van der Waals surface area contributed by atoms with Gasteiger partial charge in [-0.2, -0.15) is 0 Å². The van der Waals surface area contributed by atoms with Crippen LogP contribution in [0.15, 0.2) is 34.6 Å². The lowest BCUT2D eigenvalue weighted by Crippen LogP contribution is -2.45. The van der Waals surface area contributed by atoms with E-state index in [1.807, 2.05) is 43.1 Å². The van der Waals surface area contributed by atoms with Crippen molar-refractivity contribution in [3.63, 3.8) is 0 Å². The summed E-state index contributed by atoms with van der Waals surface area (Å²) in [6, 6.07) is 7.73. The fourth-order valence-electron chi connectivity index (χ4n) is 2.55. The Hall–Kier alpha value is -2.28. The number of nitrogens with zero attached hydrogens (tertiary/aromatic N) is 3. The highest BCUT2D eigenvalue weighted by molar-refractivity contribution is 7.09. The summed E-state index contributed by atoms with van der Waals surface area (Å²) in [6.07, 6.45) is -0.0495. The second-order valence-electron chi connectivity index (χ2n) is 5.64. The Morgan fingerprint density at radius 3 is 2.92 bits per heavy atom. The third-order valence-corrected chi connectivity index (χ3v) is 4.52. The Labute approximate surface area is 146 Å². The van der Waals surface area contributed by atoms with Crippen LogP contribution >= 0.6 is 11.3 Å². The quantitative estimate of drug-likeness (QED) is 0.680. The molecular formula is C17H22N4O2S. The van der Waals surface area contributed by atoms with Crippen molar-refractivity contribution in [3.8, 4) is 11.5 Å². The molecule has 1 aromatic heterocycles. The number of aliphatic imine (C=N–C) groups is 1. The summed E-state index contributed by atoms with van der Waals surface area (Å²) in [6.45, 7) is 3.88. The van der Waals surface area contributed by atoms with Crippen LogP contribution in [0.5, 0.6) is 11.5 Å². The molecule has 1 atom stereocenters. The zero-order valence-electron chi connectivity index (χ0n) is 14.2. The highest BCUT2D eigenvalue weighted by Crippen LogP contribution is 2.30. The van der Waals surface area contributed by atoms with E-state index >= 15 is 0 Å². The number of rotatable bonds is 4. The van der Waals surface area contributed by atoms with Gasteiger partial charge in [0.2, 0.25) is 0 Å². The van der Waals surface area contributed by atoms with E-state index in [2.05, 4.69) is 20.7 Å². The Morgan fingerprint density at radius 2 is 2.21 bits per heavy atom. The maximum absolute atomic E-state index is 5.96. The van der Waals surface area contributed by atoms with Crippen molar-refractivity contribution < 1.29 is 9.47 Å². The smallest absolute Gasteiger partial charge is 0.193 e. The lowest BCUT2D eigenvalue weighted by molar-refractivity contribution is 0.0931. The van der Waals surface area contributed by atoms with Gasteiger partial charge >= 0.3 is 0 Å². The number of nitrogens with one attached hydrogen (secondary N) is 1. The lowest BCUT2D eigenvalue weighted by atomic mass is 10.2. The molecule has 0 spiro atoms. The third-order valence-electron chi connectivity index (χ3n) is 3.69. The molecule has 128 valence electrons. The van der Waals surface area contributed by atoms with Crippen LogP contribution in [-0.2, 0) is 6.54 Å². The Morgan fingerprint density at radius 1 is 1.42 bits per heavy atom. The summed E-state index contributed by atoms with van der Waals surface area (Å²) in [5, 5.41) is 6.50. The van der Waals surface area contributed by atoms with Gasteiger partial charge in [-0.1, -0.05) is 12.1 Å². The minimum absolute atomic E-state index is 0.0495. The summed E-state index contributed by atoms with van der Waals surface area (Å²) >= 11 is 1.66. The van der Waals surface area contributed by atoms with E-state index in [0.29, 0.717) is 13.2 Å². The van der Waals surface area contributed by atoms with E-state index in [0.717, 1.165) is 34.7 Å². The number of para-hydroxylation sites is 2. The summed E-state index contributed by atoms with van der Waals surface area (Å²) < 4.78 is 11.7. The number of hydrogen-bond acceptors (Lipinski definition) is 5. The summed E-state index contributed by atoms with van der Waals surface area (Å²) in [4.78, 5) is 10.9. The van der Waals surface area contributed by atoms with Crippen LogP contribution in [-0.4, -0.2) is 49.2 Å². The van der Waals surface area contributed by atoms with Gasteiger partial charge in [-0.05, 0) is 19.1 Å². The van der Waals surface area contributed by atoms with E-state index in [9.17, 15) is 0 Å². The molecule has 1 aliphatic rings. The van der Waals surface area contributed by atoms with Crippen LogP contribution in [0.25, 0.3) is 0 Å². The van der Waals surface area contributed by atoms with E-state index in [-0.39, 0.29) is 6.10 Å². The molecule has 0 saturated carbocycles. The van der Waals surface area contributed by atoms with Crippen molar-refractivity contribution in [2.45, 2.75) is 19.6 Å². The molecule has 3 rings (SSSR count). The normalized spacial score (nSPS) is 16.8. The summed E-state index contributed by atoms with van der Waals surface area (Å²) in [7, 11) is 3.77. The zero-order chi connectivity index (χ0) is 16.9. The minimum atomic E-state index is -0.0495. The van der Waals surface area contributed by atoms with Gasteiger partial charge in [0.25, 0.3) is 0 Å². The molecule has 1 unspecified atom stereocenters. The zero-order valence-corrected chi connectivity index (χ0v) is 15.0. The van der Waals surface area contributed by atoms with Gasteiger partial charge in [-0.25, -0.2) is 4.98 Å². The van der Waals surface area contributed by atoms with E-state index in [4.69, 9.17) is 9.47 Å². The number of guanidine groups is 1. The predicted molar refractivity (Wildman–Crippen MR) is 96.0 cm³/mol. The molecule has 2 heterocycles. The van der Waals surface area contributed by atoms with Gasteiger partial charge in [0.15, 0.2) is 17.5 Å². The van der Waals surface area contributed by atoms with Gasteiger partial charge in [0.1, 0.15) is 12.7 Å². The average Bonchev–Trinajstić information content (AvgIpc) is 3.00. The Bertz CT molecular complexity index is 716. The second-order valence-corrected chi connectivity index (χ2v) is 6.70. The van der Waals surface area contributed by atoms with E-state index in [1.165, 1.54) is 0 Å². The first-order chi connectivity index (χ1) is 11.7. The molecule has 0 fully saturated rings. The molecule has 0 saturated heterocycles. The number of hydrogen-bond donors (Lipinski definition) is 1. The Kier molecular flexibility index (Phi) is 5.20. The van der Waals surface area contributed by atoms with Gasteiger partial charge < -0.3 is 19.7 Å². The Balaban J connectivity index is 1.53. The lowest BCUT2D eigenvalue weighted by Gasteiger charge is -2.28. The van der Waals surface area contributed by atoms with Crippen molar-refractivity contribution in [1.29, 1.82) is 0 Å². The largest absolute Gasteiger partial charge is 0.486 e. The maximum atomic E-state index is 5.96. The monoisotopic (exact) mass is 346 g/mol. The minimum Gasteiger partial charge on any atom is -0.486 e. The highest BCUT2D eigenvalue weighted by Gasteiger charge is 2.21. The molecule has 0 bridgehead atoms. The second kappa shape index (κ2) is 7.53. The van der Waals surface area contributed by atoms with Crippen LogP contribution < -0.4 is 14.8 Å². The SMILES string of the molecule is CN=C(NCC1COc2ccccc2O1)N(C)Cc1csc(C)n1. The van der Waals surface area contributed by atoms with Crippen molar-refractivity contribution >= 4 is 17.3 Å². The van der Waals surface area contributed by atoms with Crippen LogP contribution in [0, 0.1) is 6.92 Å². The molecule has 6 nitrogen and oxygen atoms in total. The number of aromatic nitrogens is 1. The number of thiazole rings is 1. The fraction of sp³-hybridized carbons (Fsp3) is 0.412. The first-order valence-corrected chi connectivity index (χ1v) is 8.75. The number of ether oxygens (including phenoxy) is 2. The van der Waals surface area contributed by atoms with Gasteiger partial charge in [0.05, 0.1) is 23.8 Å². The first-order valence-electron chi connectivity index (χ1n) is 7.87. The fourth-order valence-corrected chi connectivity index (χ4v) is 3.16. The topological polar surface area (TPSA) is 59.0 Å². The summed E-state index contributed by atoms with van der Waals surface area (Å²) in [5.41, 5.74) is 1.05. The number of aryl methyl sites for hydroxylation is 1. The average molecular weight is 346 g/mol. The van der Waals surface area contributed by atoms with Crippen molar-refractivity contribution in [2.75, 3.05) is 27.2 Å². The first kappa shape index (κ1) is 16.6. The van der Waals surface area contributed by atoms with Crippen molar-refractivity contribution in [1.82, 2.24) is 15.2 Å². The van der Waals surface area contributed by atoms with Crippen LogP contribution in [0.1, 0.15) is 10.7 Å². The third kappa shape index (κ3) is 3.97. The number of benzene rings is 1. The van der Waals surface area contributed by atoms with E-state index in [1.54, 1.807) is 18.4 Å². The number of fused-ring (bicyclic) bond motifs is 1. The van der Waals surface area contributed by atoms with Gasteiger partial charge in [-0.15, -0.1) is 11.3 Å². The molecule has 1 N–H and O–H groups in total.